The summed E-state index contributed by atoms with van der Waals surface area (Å²) in [6.07, 6.45) is 5.84. The SMILES string of the molecule is Cc1ccc2cc(CN(CCO)[C@@H](c3nnnn3C3CCCCC3)C(C)C)c(=O)[nH]c2c1. The number of nitrogens with one attached hydrogen (secondary N) is 1. The van der Waals surface area contributed by atoms with Crippen LogP contribution in [-0.2, 0) is 6.54 Å². The Morgan fingerprint density at radius 2 is 2.00 bits per heavy atom. The molecule has 0 aliphatic heterocycles. The Bertz CT molecular complexity index is 1100. The van der Waals surface area contributed by atoms with Gasteiger partial charge in [-0.15, -0.1) is 5.10 Å². The lowest BCUT2D eigenvalue weighted by atomic mass is 9.94. The Kier molecular flexibility index (Phi) is 7.01. The number of H-pyrrole nitrogens is 1. The molecule has 8 heteroatoms. The van der Waals surface area contributed by atoms with Crippen molar-refractivity contribution in [1.29, 1.82) is 0 Å². The number of aliphatic hydroxyl groups is 1. The van der Waals surface area contributed by atoms with Gasteiger partial charge in [-0.05, 0) is 59.2 Å². The van der Waals surface area contributed by atoms with Crippen molar-refractivity contribution in [2.45, 2.75) is 71.5 Å². The first-order chi connectivity index (χ1) is 15.5. The molecule has 2 heterocycles. The van der Waals surface area contributed by atoms with Gasteiger partial charge in [-0.1, -0.05) is 45.2 Å². The van der Waals surface area contributed by atoms with Gasteiger partial charge in [0, 0.05) is 24.2 Å². The van der Waals surface area contributed by atoms with Gasteiger partial charge in [-0.25, -0.2) is 4.68 Å². The van der Waals surface area contributed by atoms with Gasteiger partial charge in [0.25, 0.3) is 5.56 Å². The first-order valence-electron chi connectivity index (χ1n) is 11.7. The summed E-state index contributed by atoms with van der Waals surface area (Å²) >= 11 is 0. The van der Waals surface area contributed by atoms with Crippen LogP contribution < -0.4 is 5.56 Å². The summed E-state index contributed by atoms with van der Waals surface area (Å²) in [4.78, 5) is 18.0. The number of pyridine rings is 1. The Morgan fingerprint density at radius 3 is 2.72 bits per heavy atom. The minimum Gasteiger partial charge on any atom is -0.395 e. The van der Waals surface area contributed by atoms with E-state index in [-0.39, 0.29) is 24.1 Å². The third-order valence-electron chi connectivity index (χ3n) is 6.57. The molecule has 172 valence electrons. The van der Waals surface area contributed by atoms with Crippen LogP contribution in [0.15, 0.2) is 29.1 Å². The zero-order chi connectivity index (χ0) is 22.7. The van der Waals surface area contributed by atoms with Gasteiger partial charge in [0.05, 0.1) is 18.7 Å². The van der Waals surface area contributed by atoms with E-state index < -0.39 is 0 Å². The first-order valence-corrected chi connectivity index (χ1v) is 11.7. The molecule has 2 aromatic heterocycles. The molecular weight excluding hydrogens is 404 g/mol. The van der Waals surface area contributed by atoms with Crippen molar-refractivity contribution in [3.05, 3.63) is 51.6 Å². The highest BCUT2D eigenvalue weighted by Crippen LogP contribution is 2.33. The van der Waals surface area contributed by atoms with Crippen LogP contribution in [0.3, 0.4) is 0 Å². The Labute approximate surface area is 188 Å². The molecule has 32 heavy (non-hydrogen) atoms. The van der Waals surface area contributed by atoms with Crippen LogP contribution >= 0.6 is 0 Å². The molecule has 1 aromatic carbocycles. The summed E-state index contributed by atoms with van der Waals surface area (Å²) in [5.74, 6) is 1.03. The third-order valence-corrected chi connectivity index (χ3v) is 6.57. The van der Waals surface area contributed by atoms with Crippen LogP contribution in [0.2, 0.25) is 0 Å². The van der Waals surface area contributed by atoms with Crippen molar-refractivity contribution in [3.8, 4) is 0 Å². The number of aryl methyl sites for hydroxylation is 1. The molecule has 1 aliphatic carbocycles. The van der Waals surface area contributed by atoms with Crippen LogP contribution in [-0.4, -0.2) is 48.3 Å². The Balaban J connectivity index is 1.68. The average molecular weight is 439 g/mol. The molecule has 1 atom stereocenters. The van der Waals surface area contributed by atoms with Crippen molar-refractivity contribution in [1.82, 2.24) is 30.1 Å². The van der Waals surface area contributed by atoms with E-state index in [1.807, 2.05) is 35.9 Å². The van der Waals surface area contributed by atoms with E-state index >= 15 is 0 Å². The summed E-state index contributed by atoms with van der Waals surface area (Å²) in [5.41, 5.74) is 2.53. The normalized spacial score (nSPS) is 16.3. The molecule has 0 bridgehead atoms. The fourth-order valence-corrected chi connectivity index (χ4v) is 5.01. The number of rotatable bonds is 8. The highest BCUT2D eigenvalue weighted by Gasteiger charge is 2.32. The maximum absolute atomic E-state index is 12.9. The predicted molar refractivity (Wildman–Crippen MR) is 124 cm³/mol. The second-order valence-corrected chi connectivity index (χ2v) is 9.37. The molecule has 3 aromatic rings. The highest BCUT2D eigenvalue weighted by atomic mass is 16.3. The molecule has 1 fully saturated rings. The molecule has 2 N–H and O–H groups in total. The number of benzene rings is 1. The topological polar surface area (TPSA) is 99.9 Å². The Hall–Kier alpha value is -2.58. The number of hydrogen-bond acceptors (Lipinski definition) is 6. The van der Waals surface area contributed by atoms with Gasteiger partial charge < -0.3 is 10.1 Å². The number of nitrogens with zero attached hydrogens (tertiary/aromatic N) is 5. The molecular formula is C24H34N6O2. The lowest BCUT2D eigenvalue weighted by Gasteiger charge is -2.34. The Morgan fingerprint density at radius 1 is 1.22 bits per heavy atom. The second kappa shape index (κ2) is 9.92. The minimum absolute atomic E-state index is 0.00110. The van der Waals surface area contributed by atoms with Gasteiger partial charge in [0.2, 0.25) is 0 Å². The maximum Gasteiger partial charge on any atom is 0.252 e. The average Bonchev–Trinajstić information content (AvgIpc) is 3.24. The standard InChI is InChI=1S/C24H34N6O2/c1-16(2)22(23-26-27-28-30(23)20-7-5-4-6-8-20)29(11-12-31)15-19-14-18-10-9-17(3)13-21(18)25-24(19)32/h9-10,13-14,16,20,22,31H,4-8,11-12,15H2,1-3H3,(H,25,32)/t22-/m1/s1. The van der Waals surface area contributed by atoms with Crippen molar-refractivity contribution < 1.29 is 5.11 Å². The fourth-order valence-electron chi connectivity index (χ4n) is 5.01. The molecule has 8 nitrogen and oxygen atoms in total. The summed E-state index contributed by atoms with van der Waals surface area (Å²) in [6.45, 7) is 7.15. The van der Waals surface area contributed by atoms with E-state index in [0.717, 1.165) is 35.1 Å². The third kappa shape index (κ3) is 4.76. The summed E-state index contributed by atoms with van der Waals surface area (Å²) in [7, 11) is 0. The molecule has 0 saturated heterocycles. The van der Waals surface area contributed by atoms with Gasteiger partial charge in [-0.3, -0.25) is 9.69 Å². The summed E-state index contributed by atoms with van der Waals surface area (Å²) in [6, 6.07) is 8.24. The van der Waals surface area contributed by atoms with Crippen LogP contribution in [0.5, 0.6) is 0 Å². The number of fused-ring (bicyclic) bond motifs is 1. The number of aliphatic hydroxyl groups excluding tert-OH is 1. The summed E-state index contributed by atoms with van der Waals surface area (Å²) < 4.78 is 2.00. The van der Waals surface area contributed by atoms with Gasteiger partial charge >= 0.3 is 0 Å². The van der Waals surface area contributed by atoms with E-state index in [1.54, 1.807) is 0 Å². The van der Waals surface area contributed by atoms with Crippen molar-refractivity contribution in [2.75, 3.05) is 13.2 Å². The van der Waals surface area contributed by atoms with Crippen LogP contribution in [0.4, 0.5) is 0 Å². The largest absolute Gasteiger partial charge is 0.395 e. The number of aromatic amines is 1. The zero-order valence-corrected chi connectivity index (χ0v) is 19.3. The molecule has 0 radical (unpaired) electrons. The summed E-state index contributed by atoms with van der Waals surface area (Å²) in [5, 5.41) is 23.7. The van der Waals surface area contributed by atoms with Crippen LogP contribution in [0.1, 0.15) is 75.0 Å². The number of hydrogen-bond donors (Lipinski definition) is 2. The minimum atomic E-state index is -0.104. The molecule has 1 saturated carbocycles. The van der Waals surface area contributed by atoms with Crippen molar-refractivity contribution in [2.24, 2.45) is 5.92 Å². The predicted octanol–water partition coefficient (Wildman–Crippen LogP) is 3.52. The number of tetrazole rings is 1. The molecule has 1 aliphatic rings. The van der Waals surface area contributed by atoms with Crippen molar-refractivity contribution in [3.63, 3.8) is 0 Å². The first kappa shape index (κ1) is 22.6. The smallest absolute Gasteiger partial charge is 0.252 e. The molecule has 0 amide bonds. The van der Waals surface area contributed by atoms with Gasteiger partial charge in [-0.2, -0.15) is 0 Å². The molecule has 0 spiro atoms. The lowest BCUT2D eigenvalue weighted by molar-refractivity contribution is 0.103. The van der Waals surface area contributed by atoms with Crippen LogP contribution in [0.25, 0.3) is 10.9 Å². The highest BCUT2D eigenvalue weighted by molar-refractivity contribution is 5.79. The van der Waals surface area contributed by atoms with Gasteiger partial charge in [0.1, 0.15) is 0 Å². The van der Waals surface area contributed by atoms with Crippen LogP contribution in [0, 0.1) is 12.8 Å². The maximum atomic E-state index is 12.9. The molecule has 0 unspecified atom stereocenters. The second-order valence-electron chi connectivity index (χ2n) is 9.37. The van der Waals surface area contributed by atoms with E-state index in [1.165, 1.54) is 19.3 Å². The quantitative estimate of drug-likeness (QED) is 0.558. The molecule has 4 rings (SSSR count). The monoisotopic (exact) mass is 438 g/mol. The van der Waals surface area contributed by atoms with E-state index in [9.17, 15) is 9.90 Å². The van der Waals surface area contributed by atoms with E-state index in [2.05, 4.69) is 39.3 Å². The fraction of sp³-hybridized carbons (Fsp3) is 0.583. The van der Waals surface area contributed by atoms with Crippen molar-refractivity contribution >= 4 is 10.9 Å². The number of aromatic nitrogens is 5. The van der Waals surface area contributed by atoms with Gasteiger partial charge in [0.15, 0.2) is 5.82 Å². The lowest BCUT2D eigenvalue weighted by Crippen LogP contribution is -2.38. The zero-order valence-electron chi connectivity index (χ0n) is 19.3. The van der Waals surface area contributed by atoms with E-state index in [0.29, 0.717) is 24.7 Å². The van der Waals surface area contributed by atoms with E-state index in [4.69, 9.17) is 0 Å².